The average Bonchev–Trinajstić information content (AvgIpc) is 1.88. The van der Waals surface area contributed by atoms with Crippen LogP contribution in [0.2, 0.25) is 0 Å². The number of ketones is 1. The fourth-order valence-electron chi connectivity index (χ4n) is 0.250. The molecule has 0 fully saturated rings. The summed E-state index contributed by atoms with van der Waals surface area (Å²) in [5.74, 6) is 0.343. The smallest absolute Gasteiger partial charge is 0.132 e. The van der Waals surface area contributed by atoms with E-state index in [0.29, 0.717) is 18.6 Å². The largest absolute Gasteiger partial charge is 0.300 e. The van der Waals surface area contributed by atoms with Gasteiger partial charge >= 0.3 is 0 Å². The maximum absolute atomic E-state index is 10.2. The van der Waals surface area contributed by atoms with Crippen LogP contribution in [-0.4, -0.2) is 5.78 Å². The molecule has 0 N–H and O–H groups in total. The van der Waals surface area contributed by atoms with Gasteiger partial charge in [0, 0.05) is 12.8 Å². The second-order valence-corrected chi connectivity index (χ2v) is 1.71. The number of rotatable bonds is 2. The fraction of sp³-hybridized carbons (Fsp3) is 0.571. The van der Waals surface area contributed by atoms with Crippen LogP contribution in [0.5, 0.6) is 0 Å². The Bertz CT molecular complexity index is 73.0. The molecule has 0 atom stereocenters. The van der Waals surface area contributed by atoms with E-state index in [4.69, 9.17) is 11.6 Å². The van der Waals surface area contributed by atoms with Gasteiger partial charge in [-0.05, 0) is 5.54 Å². The maximum atomic E-state index is 10.2. The van der Waals surface area contributed by atoms with E-state index < -0.39 is 0 Å². The lowest BCUT2D eigenvalue weighted by Crippen LogP contribution is -1.88. The molecule has 1 nitrogen and oxygen atoms in total. The summed E-state index contributed by atoms with van der Waals surface area (Å²) in [6.45, 7) is 6.89. The van der Waals surface area contributed by atoms with Crippen molar-refractivity contribution in [3.63, 3.8) is 0 Å². The molecule has 2 heteroatoms. The van der Waals surface area contributed by atoms with Crippen molar-refractivity contribution in [2.45, 2.75) is 26.7 Å². The maximum Gasteiger partial charge on any atom is 0.132 e. The van der Waals surface area contributed by atoms with Crippen LogP contribution in [0, 0.1) is 0 Å². The molecule has 0 saturated carbocycles. The number of hydrogen-bond acceptors (Lipinski definition) is 1. The highest BCUT2D eigenvalue weighted by Gasteiger charge is 1.86. The van der Waals surface area contributed by atoms with Crippen molar-refractivity contribution in [1.82, 2.24) is 0 Å². The van der Waals surface area contributed by atoms with Crippen molar-refractivity contribution in [2.75, 3.05) is 0 Å². The molecule has 0 saturated heterocycles. The Kier molecular flexibility index (Phi) is 13.6. The first-order valence-corrected chi connectivity index (χ1v) is 3.39. The number of Topliss-reactive ketones (excluding diaryl/α,β-unsaturated/α-hetero) is 1. The van der Waals surface area contributed by atoms with E-state index in [0.717, 1.165) is 0 Å². The summed E-state index contributed by atoms with van der Waals surface area (Å²) in [5, 5.41) is 0. The Morgan fingerprint density at radius 2 is 1.78 bits per heavy atom. The fourth-order valence-corrected chi connectivity index (χ4v) is 0.250. The van der Waals surface area contributed by atoms with Crippen LogP contribution < -0.4 is 0 Å². The summed E-state index contributed by atoms with van der Waals surface area (Å²) in [6, 6.07) is 0. The minimum absolute atomic E-state index is 0.343. The van der Waals surface area contributed by atoms with E-state index in [1.165, 1.54) is 5.54 Å². The van der Waals surface area contributed by atoms with Gasteiger partial charge in [-0.2, -0.15) is 0 Å². The van der Waals surface area contributed by atoms with Gasteiger partial charge < -0.3 is 0 Å². The zero-order chi connectivity index (χ0) is 7.70. The minimum atomic E-state index is 0.343. The molecule has 0 aromatic carbocycles. The van der Waals surface area contributed by atoms with Gasteiger partial charge in [0.1, 0.15) is 5.78 Å². The topological polar surface area (TPSA) is 17.1 Å². The third kappa shape index (κ3) is 18.3. The first-order chi connectivity index (χ1) is 4.22. The van der Waals surface area contributed by atoms with E-state index in [-0.39, 0.29) is 0 Å². The molecule has 0 amide bonds. The number of halogens is 1. The molecule has 0 bridgehead atoms. The number of hydrogen-bond donors (Lipinski definition) is 0. The van der Waals surface area contributed by atoms with Crippen LogP contribution in [0.25, 0.3) is 0 Å². The quantitative estimate of drug-likeness (QED) is 0.589. The normalized spacial score (nSPS) is 7.00. The van der Waals surface area contributed by atoms with Crippen molar-refractivity contribution in [2.24, 2.45) is 0 Å². The molecular formula is C7H13ClO. The van der Waals surface area contributed by atoms with Gasteiger partial charge in [-0.25, -0.2) is 0 Å². The first-order valence-electron chi connectivity index (χ1n) is 2.95. The van der Waals surface area contributed by atoms with E-state index >= 15 is 0 Å². The van der Waals surface area contributed by atoms with E-state index in [1.807, 2.05) is 13.8 Å². The predicted octanol–water partition coefficient (Wildman–Crippen LogP) is 2.74. The average molecular weight is 149 g/mol. The Hall–Kier alpha value is -0.300. The summed E-state index contributed by atoms with van der Waals surface area (Å²) >= 11 is 4.76. The van der Waals surface area contributed by atoms with Crippen LogP contribution in [0.1, 0.15) is 26.7 Å². The Labute approximate surface area is 61.7 Å². The Morgan fingerprint density at radius 3 is 1.78 bits per heavy atom. The summed E-state index contributed by atoms with van der Waals surface area (Å²) in [7, 11) is 0. The lowest BCUT2D eigenvalue weighted by molar-refractivity contribution is -0.118. The van der Waals surface area contributed by atoms with Gasteiger partial charge in [-0.1, -0.05) is 32.0 Å². The second kappa shape index (κ2) is 10.6. The lowest BCUT2D eigenvalue weighted by atomic mass is 10.3. The molecule has 54 valence electrons. The van der Waals surface area contributed by atoms with Crippen molar-refractivity contribution >= 4 is 17.4 Å². The molecule has 0 rings (SSSR count). The molecule has 0 heterocycles. The highest BCUT2D eigenvalue weighted by atomic mass is 35.5. The van der Waals surface area contributed by atoms with Gasteiger partial charge in [0.05, 0.1) is 0 Å². The van der Waals surface area contributed by atoms with Crippen LogP contribution >= 0.6 is 11.6 Å². The molecule has 9 heavy (non-hydrogen) atoms. The van der Waals surface area contributed by atoms with Crippen molar-refractivity contribution in [3.05, 3.63) is 12.1 Å². The van der Waals surface area contributed by atoms with Crippen LogP contribution in [-0.2, 0) is 4.79 Å². The van der Waals surface area contributed by atoms with Crippen LogP contribution in [0.4, 0.5) is 0 Å². The highest BCUT2D eigenvalue weighted by Crippen LogP contribution is 1.83. The monoisotopic (exact) mass is 148 g/mol. The van der Waals surface area contributed by atoms with E-state index in [2.05, 4.69) is 6.58 Å². The van der Waals surface area contributed by atoms with E-state index in [1.54, 1.807) is 0 Å². The van der Waals surface area contributed by atoms with Gasteiger partial charge in [0.15, 0.2) is 0 Å². The molecule has 0 unspecified atom stereocenters. The Balaban J connectivity index is 0. The summed E-state index contributed by atoms with van der Waals surface area (Å²) in [6.07, 6.45) is 1.38. The van der Waals surface area contributed by atoms with Gasteiger partial charge in [0.25, 0.3) is 0 Å². The van der Waals surface area contributed by atoms with Gasteiger partial charge in [-0.3, -0.25) is 4.79 Å². The van der Waals surface area contributed by atoms with Crippen molar-refractivity contribution in [3.8, 4) is 0 Å². The van der Waals surface area contributed by atoms with Crippen LogP contribution in [0.3, 0.4) is 0 Å². The third-order valence-electron chi connectivity index (χ3n) is 0.789. The van der Waals surface area contributed by atoms with Crippen molar-refractivity contribution < 1.29 is 4.79 Å². The van der Waals surface area contributed by atoms with Gasteiger partial charge in [-0.15, -0.1) is 0 Å². The zero-order valence-electron chi connectivity index (χ0n) is 5.98. The number of carbonyl (C=O) groups excluding carboxylic acids is 1. The third-order valence-corrected chi connectivity index (χ3v) is 0.789. The highest BCUT2D eigenvalue weighted by molar-refractivity contribution is 6.25. The predicted molar refractivity (Wildman–Crippen MR) is 41.6 cm³/mol. The van der Waals surface area contributed by atoms with Crippen LogP contribution in [0.15, 0.2) is 12.1 Å². The number of carbonyl (C=O) groups is 1. The molecule has 0 aliphatic rings. The molecule has 0 aliphatic carbocycles. The Morgan fingerprint density at radius 1 is 1.56 bits per heavy atom. The summed E-state index contributed by atoms with van der Waals surface area (Å²) in [5.41, 5.74) is 1.22. The SMILES string of the molecule is C=CCl.CCC(=O)CC. The molecule has 0 aromatic heterocycles. The first kappa shape index (κ1) is 11.5. The summed E-state index contributed by atoms with van der Waals surface area (Å²) < 4.78 is 0. The summed E-state index contributed by atoms with van der Waals surface area (Å²) in [4.78, 5) is 10.2. The lowest BCUT2D eigenvalue weighted by Gasteiger charge is -1.81. The van der Waals surface area contributed by atoms with Crippen molar-refractivity contribution in [1.29, 1.82) is 0 Å². The second-order valence-electron chi connectivity index (χ2n) is 1.40. The van der Waals surface area contributed by atoms with Gasteiger partial charge in [0.2, 0.25) is 0 Å². The molecule has 0 radical (unpaired) electrons. The molecule has 0 spiro atoms. The molecular weight excluding hydrogens is 136 g/mol. The molecule has 0 aromatic rings. The standard InChI is InChI=1S/C5H10O.C2H3Cl/c1-3-5(6)4-2;1-2-3/h3-4H2,1-2H3;2H,1H2. The minimum Gasteiger partial charge on any atom is -0.300 e. The van der Waals surface area contributed by atoms with E-state index in [9.17, 15) is 4.79 Å². The zero-order valence-corrected chi connectivity index (χ0v) is 6.74. The molecule has 0 aliphatic heterocycles.